The first-order valence-corrected chi connectivity index (χ1v) is 5.00. The van der Waals surface area contributed by atoms with Crippen LogP contribution in [0.15, 0.2) is 0 Å². The molecule has 6 nitrogen and oxygen atoms in total. The van der Waals surface area contributed by atoms with Crippen molar-refractivity contribution in [1.82, 2.24) is 4.90 Å². The van der Waals surface area contributed by atoms with Gasteiger partial charge in [0.05, 0.1) is 18.2 Å². The van der Waals surface area contributed by atoms with E-state index in [1.165, 1.54) is 0 Å². The Morgan fingerprint density at radius 1 is 0.765 bits per heavy atom. The predicted octanol–water partition coefficient (Wildman–Crippen LogP) is 1.12. The summed E-state index contributed by atoms with van der Waals surface area (Å²) in [5, 5.41) is 45.4. The van der Waals surface area contributed by atoms with Gasteiger partial charge in [0.25, 0.3) is 0 Å². The third-order valence-corrected chi connectivity index (χ3v) is 3.19. The van der Waals surface area contributed by atoms with Gasteiger partial charge in [-0.25, -0.2) is 0 Å². The van der Waals surface area contributed by atoms with Gasteiger partial charge < -0.3 is 0 Å². The Morgan fingerprint density at radius 3 is 1.71 bits per heavy atom. The molecule has 82 valence electrons. The zero-order valence-corrected chi connectivity index (χ0v) is 9.01. The largest absolute Gasteiger partial charge is 0.196 e. The van der Waals surface area contributed by atoms with Crippen LogP contribution in [0.1, 0.15) is 25.7 Å². The smallest absolute Gasteiger partial charge is 0.195 e. The van der Waals surface area contributed by atoms with Gasteiger partial charge in [0.2, 0.25) is 0 Å². The minimum absolute atomic E-state index is 0.172. The summed E-state index contributed by atoms with van der Waals surface area (Å²) in [5.74, 6) is 0. The van der Waals surface area contributed by atoms with E-state index in [4.69, 9.17) is 10.5 Å². The van der Waals surface area contributed by atoms with Gasteiger partial charge in [0.15, 0.2) is 23.3 Å². The summed E-state index contributed by atoms with van der Waals surface area (Å²) in [4.78, 5) is 0.582. The molecule has 0 N–H and O–H groups in total. The summed E-state index contributed by atoms with van der Waals surface area (Å²) >= 11 is 0. The van der Waals surface area contributed by atoms with E-state index in [0.717, 1.165) is 0 Å². The van der Waals surface area contributed by atoms with Crippen molar-refractivity contribution >= 4 is 0 Å². The van der Waals surface area contributed by atoms with Crippen LogP contribution in [-0.4, -0.2) is 10.4 Å². The third kappa shape index (κ3) is 1.43. The van der Waals surface area contributed by atoms with Crippen LogP contribution in [0.25, 0.3) is 0 Å². The molecule has 1 rings (SSSR count). The Bertz CT molecular complexity index is 489. The number of nitrogens with zero attached hydrogens (tertiary/aromatic N) is 6. The Balaban J connectivity index is 3.47. The van der Waals surface area contributed by atoms with Crippen molar-refractivity contribution < 1.29 is 0 Å². The molecule has 1 unspecified atom stereocenters. The van der Waals surface area contributed by atoms with Crippen molar-refractivity contribution in [2.24, 2.45) is 5.41 Å². The van der Waals surface area contributed by atoms with E-state index in [9.17, 15) is 15.8 Å². The fraction of sp³-hybridized carbons (Fsp3) is 0.545. The summed E-state index contributed by atoms with van der Waals surface area (Å²) in [6, 6.07) is 5.51. The Hall–Kier alpha value is -2.75. The molecule has 0 bridgehead atoms. The van der Waals surface area contributed by atoms with Crippen LogP contribution in [0.4, 0.5) is 0 Å². The van der Waals surface area contributed by atoms with Crippen LogP contribution in [0.5, 0.6) is 0 Å². The van der Waals surface area contributed by atoms with E-state index < -0.39 is 11.0 Å². The molecule has 0 heterocycles. The third-order valence-electron chi connectivity index (χ3n) is 3.19. The van der Waals surface area contributed by atoms with Crippen LogP contribution in [-0.2, 0) is 0 Å². The highest BCUT2D eigenvalue weighted by atomic mass is 15.2. The highest BCUT2D eigenvalue weighted by molar-refractivity contribution is 5.36. The highest BCUT2D eigenvalue weighted by Crippen LogP contribution is 2.46. The summed E-state index contributed by atoms with van der Waals surface area (Å²) in [6.07, 6.45) is 4.79. The second-order valence-electron chi connectivity index (χ2n) is 3.84. The van der Waals surface area contributed by atoms with Crippen LogP contribution in [0.3, 0.4) is 0 Å². The normalized spacial score (nSPS) is 25.1. The van der Waals surface area contributed by atoms with E-state index in [0.29, 0.717) is 17.7 Å². The Labute approximate surface area is 99.1 Å². The zero-order valence-electron chi connectivity index (χ0n) is 9.01. The van der Waals surface area contributed by atoms with Gasteiger partial charge >= 0.3 is 0 Å². The molecule has 0 saturated heterocycles. The van der Waals surface area contributed by atoms with Crippen molar-refractivity contribution in [3.8, 4) is 30.6 Å². The average molecular weight is 224 g/mol. The van der Waals surface area contributed by atoms with Crippen LogP contribution < -0.4 is 0 Å². The minimum atomic E-state index is -1.65. The molecule has 0 aromatic heterocycles. The van der Waals surface area contributed by atoms with Crippen LogP contribution in [0, 0.1) is 62.3 Å². The maximum atomic E-state index is 9.28. The van der Waals surface area contributed by atoms with Crippen molar-refractivity contribution in [2.75, 3.05) is 0 Å². The van der Waals surface area contributed by atoms with Gasteiger partial charge in [-0.15, -0.1) is 0 Å². The molecule has 17 heavy (non-hydrogen) atoms. The van der Waals surface area contributed by atoms with E-state index >= 15 is 0 Å². The number of hydrogen-bond donors (Lipinski definition) is 0. The molecule has 1 atom stereocenters. The zero-order chi connectivity index (χ0) is 12.9. The lowest BCUT2D eigenvalue weighted by molar-refractivity contribution is 0.120. The standard InChI is InChI=1S/C11H8N6/c12-5-10(6-13)3-1-2-4-11(10,7-14)17(8-15)9-16/h1-4H2. The molecule has 1 fully saturated rings. The summed E-state index contributed by atoms with van der Waals surface area (Å²) in [5.41, 5.74) is -3.27. The van der Waals surface area contributed by atoms with Gasteiger partial charge in [-0.2, -0.15) is 31.2 Å². The Morgan fingerprint density at radius 2 is 1.29 bits per heavy atom. The second-order valence-corrected chi connectivity index (χ2v) is 3.84. The lowest BCUT2D eigenvalue weighted by atomic mass is 9.62. The molecule has 1 saturated carbocycles. The first-order chi connectivity index (χ1) is 8.16. The summed E-state index contributed by atoms with van der Waals surface area (Å²) < 4.78 is 0. The van der Waals surface area contributed by atoms with Crippen LogP contribution >= 0.6 is 0 Å². The molecule has 0 aromatic rings. The fourth-order valence-corrected chi connectivity index (χ4v) is 2.21. The topological polar surface area (TPSA) is 122 Å². The second kappa shape index (κ2) is 4.40. The molecule has 6 heteroatoms. The average Bonchev–Trinajstić information content (AvgIpc) is 2.40. The van der Waals surface area contributed by atoms with Gasteiger partial charge in [0, 0.05) is 0 Å². The van der Waals surface area contributed by atoms with Gasteiger partial charge in [-0.05, 0) is 19.3 Å². The maximum Gasteiger partial charge on any atom is 0.195 e. The summed E-state index contributed by atoms with van der Waals surface area (Å²) in [7, 11) is 0. The first-order valence-electron chi connectivity index (χ1n) is 5.00. The predicted molar refractivity (Wildman–Crippen MR) is 53.5 cm³/mol. The molecule has 0 amide bonds. The van der Waals surface area contributed by atoms with Crippen molar-refractivity contribution in [1.29, 1.82) is 26.3 Å². The number of nitriles is 5. The quantitative estimate of drug-likeness (QED) is 0.485. The van der Waals surface area contributed by atoms with E-state index in [1.807, 2.05) is 18.2 Å². The number of hydrogen-bond acceptors (Lipinski definition) is 6. The molecule has 0 aliphatic heterocycles. The van der Waals surface area contributed by atoms with Crippen molar-refractivity contribution in [2.45, 2.75) is 31.2 Å². The molecule has 1 aliphatic carbocycles. The van der Waals surface area contributed by atoms with Gasteiger partial charge in [-0.1, -0.05) is 6.42 Å². The molecule has 0 radical (unpaired) electrons. The van der Waals surface area contributed by atoms with E-state index in [2.05, 4.69) is 0 Å². The van der Waals surface area contributed by atoms with Crippen molar-refractivity contribution in [3.05, 3.63) is 0 Å². The highest BCUT2D eigenvalue weighted by Gasteiger charge is 2.59. The van der Waals surface area contributed by atoms with Crippen LogP contribution in [0.2, 0.25) is 0 Å². The van der Waals surface area contributed by atoms with Gasteiger partial charge in [-0.3, -0.25) is 0 Å². The van der Waals surface area contributed by atoms with E-state index in [-0.39, 0.29) is 12.8 Å². The van der Waals surface area contributed by atoms with Crippen molar-refractivity contribution in [3.63, 3.8) is 0 Å². The molecular weight excluding hydrogens is 216 g/mol. The van der Waals surface area contributed by atoms with Gasteiger partial charge in [0.1, 0.15) is 0 Å². The molecule has 0 aromatic carbocycles. The lowest BCUT2D eigenvalue weighted by Crippen LogP contribution is -2.57. The molecular formula is C11H8N6. The fourth-order valence-electron chi connectivity index (χ4n) is 2.21. The first kappa shape index (κ1) is 12.3. The SMILES string of the molecule is N#CN(C#N)C1(C#N)CCCCC1(C#N)C#N. The molecule has 1 aliphatic rings. The maximum absolute atomic E-state index is 9.28. The number of rotatable bonds is 1. The monoisotopic (exact) mass is 224 g/mol. The van der Waals surface area contributed by atoms with E-state index in [1.54, 1.807) is 12.4 Å². The minimum Gasteiger partial charge on any atom is -0.196 e. The molecule has 0 spiro atoms. The summed E-state index contributed by atoms with van der Waals surface area (Å²) in [6.45, 7) is 0. The Kier molecular flexibility index (Phi) is 3.19. The lowest BCUT2D eigenvalue weighted by Gasteiger charge is -2.41.